The molecular weight excluding hydrogens is 318 g/mol. The fourth-order valence-electron chi connectivity index (χ4n) is 3.05. The number of rotatable bonds is 7. The fourth-order valence-corrected chi connectivity index (χ4v) is 3.86. The summed E-state index contributed by atoms with van der Waals surface area (Å²) >= 11 is 1.56. The van der Waals surface area contributed by atoms with E-state index in [9.17, 15) is 4.79 Å². The molecule has 0 radical (unpaired) electrons. The molecule has 1 aliphatic heterocycles. The lowest BCUT2D eigenvalue weighted by atomic mass is 10.1. The van der Waals surface area contributed by atoms with Crippen molar-refractivity contribution >= 4 is 22.9 Å². The van der Waals surface area contributed by atoms with E-state index in [1.807, 2.05) is 11.4 Å². The molecule has 3 N–H and O–H groups in total. The summed E-state index contributed by atoms with van der Waals surface area (Å²) in [4.78, 5) is 14.8. The average Bonchev–Trinajstić information content (AvgIpc) is 3.09. The number of nitrogens with two attached hydrogens (primary N) is 1. The molecule has 0 unspecified atom stereocenters. The number of hydrogen-bond acceptors (Lipinski definition) is 4. The first-order valence-electron chi connectivity index (χ1n) is 8.63. The highest BCUT2D eigenvalue weighted by Crippen LogP contribution is 2.17. The maximum atomic E-state index is 11.1. The zero-order valence-electron chi connectivity index (χ0n) is 14.0. The van der Waals surface area contributed by atoms with E-state index in [0.717, 1.165) is 23.5 Å². The maximum absolute atomic E-state index is 11.1. The van der Waals surface area contributed by atoms with Gasteiger partial charge in [0.15, 0.2) is 0 Å². The monoisotopic (exact) mass is 343 g/mol. The van der Waals surface area contributed by atoms with Crippen molar-refractivity contribution in [2.24, 2.45) is 5.73 Å². The lowest BCUT2D eigenvalue weighted by Gasteiger charge is -2.26. The van der Waals surface area contributed by atoms with Gasteiger partial charge in [-0.15, -0.1) is 11.3 Å². The summed E-state index contributed by atoms with van der Waals surface area (Å²) in [6.45, 7) is 4.39. The molecule has 128 valence electrons. The third-order valence-corrected chi connectivity index (χ3v) is 5.46. The summed E-state index contributed by atoms with van der Waals surface area (Å²) in [7, 11) is 0. The molecule has 1 aliphatic rings. The number of carbonyl (C=O) groups excluding carboxylic acids is 1. The highest BCUT2D eigenvalue weighted by molar-refractivity contribution is 7.10. The minimum absolute atomic E-state index is 0.365. The summed E-state index contributed by atoms with van der Waals surface area (Å²) in [5.74, 6) is -0.365. The molecule has 0 spiro atoms. The van der Waals surface area contributed by atoms with Crippen LogP contribution in [0, 0.1) is 0 Å². The van der Waals surface area contributed by atoms with Crippen LogP contribution < -0.4 is 11.1 Å². The van der Waals surface area contributed by atoms with E-state index in [1.54, 1.807) is 11.3 Å². The number of piperidine rings is 1. The Hall–Kier alpha value is -1.85. The van der Waals surface area contributed by atoms with Crippen LogP contribution >= 0.6 is 11.3 Å². The van der Waals surface area contributed by atoms with Gasteiger partial charge >= 0.3 is 0 Å². The van der Waals surface area contributed by atoms with Gasteiger partial charge in [-0.3, -0.25) is 4.79 Å². The second-order valence-corrected chi connectivity index (χ2v) is 7.36. The van der Waals surface area contributed by atoms with Gasteiger partial charge in [0.1, 0.15) is 0 Å². The lowest BCUT2D eigenvalue weighted by molar-refractivity contribution is 0.100. The molecule has 1 aromatic carbocycles. The quantitative estimate of drug-likeness (QED) is 0.809. The summed E-state index contributed by atoms with van der Waals surface area (Å²) in [6, 6.07) is 10.5. The summed E-state index contributed by atoms with van der Waals surface area (Å²) in [5.41, 5.74) is 8.35. The molecule has 3 rings (SSSR count). The van der Waals surface area contributed by atoms with Crippen molar-refractivity contribution in [3.05, 3.63) is 51.7 Å². The van der Waals surface area contributed by atoms with E-state index in [0.29, 0.717) is 12.1 Å². The van der Waals surface area contributed by atoms with Crippen molar-refractivity contribution in [3.8, 4) is 0 Å². The van der Waals surface area contributed by atoms with Crippen LogP contribution in [-0.4, -0.2) is 30.4 Å². The molecule has 24 heavy (non-hydrogen) atoms. The smallest absolute Gasteiger partial charge is 0.249 e. The Kier molecular flexibility index (Phi) is 5.88. The molecular formula is C19H25N3OS. The molecule has 1 amide bonds. The zero-order chi connectivity index (χ0) is 16.8. The van der Waals surface area contributed by atoms with Crippen LogP contribution in [0.3, 0.4) is 0 Å². The van der Waals surface area contributed by atoms with Gasteiger partial charge in [-0.1, -0.05) is 18.6 Å². The number of primary amides is 1. The topological polar surface area (TPSA) is 58.4 Å². The maximum Gasteiger partial charge on any atom is 0.249 e. The minimum atomic E-state index is -0.365. The molecule has 1 fully saturated rings. The Morgan fingerprint density at radius 1 is 1.17 bits per heavy atom. The fraction of sp³-hybridized carbons (Fsp3) is 0.421. The van der Waals surface area contributed by atoms with Crippen molar-refractivity contribution in [1.82, 2.24) is 4.90 Å². The van der Waals surface area contributed by atoms with E-state index < -0.39 is 0 Å². The second-order valence-electron chi connectivity index (χ2n) is 6.37. The Labute approximate surface area is 147 Å². The average molecular weight is 343 g/mol. The van der Waals surface area contributed by atoms with Gasteiger partial charge in [0.05, 0.1) is 5.56 Å². The largest absolute Gasteiger partial charge is 0.380 e. The van der Waals surface area contributed by atoms with Gasteiger partial charge in [-0.05, 0) is 56.1 Å². The van der Waals surface area contributed by atoms with Crippen LogP contribution in [0.15, 0.2) is 35.7 Å². The third kappa shape index (κ3) is 4.82. The normalized spacial score (nSPS) is 15.3. The van der Waals surface area contributed by atoms with Gasteiger partial charge in [0, 0.05) is 29.0 Å². The number of nitrogens with one attached hydrogen (secondary N) is 1. The summed E-state index contributed by atoms with van der Waals surface area (Å²) in [6.07, 6.45) is 5.21. The van der Waals surface area contributed by atoms with E-state index in [4.69, 9.17) is 5.73 Å². The summed E-state index contributed by atoms with van der Waals surface area (Å²) < 4.78 is 0. The highest BCUT2D eigenvalue weighted by atomic mass is 32.1. The molecule has 0 aliphatic carbocycles. The zero-order valence-corrected chi connectivity index (χ0v) is 14.8. The van der Waals surface area contributed by atoms with Crippen molar-refractivity contribution in [2.75, 3.05) is 25.0 Å². The number of thiophene rings is 1. The number of hydrogen-bond donors (Lipinski definition) is 2. The first kappa shape index (κ1) is 17.0. The van der Waals surface area contributed by atoms with Gasteiger partial charge < -0.3 is 16.0 Å². The van der Waals surface area contributed by atoms with E-state index in [1.165, 1.54) is 37.9 Å². The number of anilines is 1. The van der Waals surface area contributed by atoms with E-state index >= 15 is 0 Å². The molecule has 4 nitrogen and oxygen atoms in total. The van der Waals surface area contributed by atoms with Crippen molar-refractivity contribution in [1.29, 1.82) is 0 Å². The molecule has 2 aromatic rings. The number of benzene rings is 1. The predicted octanol–water partition coefficient (Wildman–Crippen LogP) is 3.49. The molecule has 0 atom stereocenters. The number of likely N-dealkylation sites (tertiary alicyclic amines) is 1. The first-order chi connectivity index (χ1) is 11.7. The molecule has 1 aromatic heterocycles. The molecule has 0 saturated carbocycles. The number of carbonyl (C=O) groups is 1. The number of amides is 1. The van der Waals surface area contributed by atoms with Crippen LogP contribution in [0.1, 0.15) is 40.1 Å². The lowest BCUT2D eigenvalue weighted by Crippen LogP contribution is -2.31. The van der Waals surface area contributed by atoms with Crippen LogP contribution in [0.2, 0.25) is 0 Å². The third-order valence-electron chi connectivity index (χ3n) is 4.52. The second kappa shape index (κ2) is 8.31. The van der Waals surface area contributed by atoms with Crippen LogP contribution in [-0.2, 0) is 13.0 Å². The van der Waals surface area contributed by atoms with Crippen molar-refractivity contribution < 1.29 is 4.79 Å². The van der Waals surface area contributed by atoms with Gasteiger partial charge in [0.2, 0.25) is 5.91 Å². The first-order valence-corrected chi connectivity index (χ1v) is 9.51. The van der Waals surface area contributed by atoms with E-state index in [-0.39, 0.29) is 5.91 Å². The van der Waals surface area contributed by atoms with E-state index in [2.05, 4.69) is 34.5 Å². The molecule has 0 bridgehead atoms. The molecule has 1 saturated heterocycles. The van der Waals surface area contributed by atoms with Crippen molar-refractivity contribution in [3.63, 3.8) is 0 Å². The molecule has 5 heteroatoms. The van der Waals surface area contributed by atoms with Gasteiger partial charge in [-0.25, -0.2) is 0 Å². The number of nitrogens with zero attached hydrogens (tertiary/aromatic N) is 1. The standard InChI is InChI=1S/C19H25N3OS/c20-19(23)16-12-18(24-14-16)13-21-17-6-4-15(5-7-17)8-11-22-9-2-1-3-10-22/h4-7,12,14,21H,1-3,8-11,13H2,(H2,20,23). The Balaban J connectivity index is 1.46. The van der Waals surface area contributed by atoms with Gasteiger partial charge in [0.25, 0.3) is 0 Å². The Morgan fingerprint density at radius 3 is 2.58 bits per heavy atom. The van der Waals surface area contributed by atoms with Crippen LogP contribution in [0.5, 0.6) is 0 Å². The SMILES string of the molecule is NC(=O)c1csc(CNc2ccc(CCN3CCCCC3)cc2)c1. The summed E-state index contributed by atoms with van der Waals surface area (Å²) in [5, 5.41) is 5.20. The van der Waals surface area contributed by atoms with Crippen LogP contribution in [0.4, 0.5) is 5.69 Å². The van der Waals surface area contributed by atoms with Crippen LogP contribution in [0.25, 0.3) is 0 Å². The minimum Gasteiger partial charge on any atom is -0.380 e. The van der Waals surface area contributed by atoms with Gasteiger partial charge in [-0.2, -0.15) is 0 Å². The predicted molar refractivity (Wildman–Crippen MR) is 101 cm³/mol. The molecule has 2 heterocycles. The highest BCUT2D eigenvalue weighted by Gasteiger charge is 2.09. The van der Waals surface area contributed by atoms with Crippen molar-refractivity contribution in [2.45, 2.75) is 32.2 Å². The Morgan fingerprint density at radius 2 is 1.92 bits per heavy atom. The Bertz CT molecular complexity index is 660.